The molecule has 0 N–H and O–H groups in total. The summed E-state index contributed by atoms with van der Waals surface area (Å²) in [6.45, 7) is 3.75. The molecule has 0 unspecified atom stereocenters. The Balaban J connectivity index is 1.39. The molecule has 0 amide bonds. The lowest BCUT2D eigenvalue weighted by Gasteiger charge is -2.43. The van der Waals surface area contributed by atoms with Crippen molar-refractivity contribution >= 4 is 0 Å². The van der Waals surface area contributed by atoms with Crippen molar-refractivity contribution in [3.8, 4) is 22.7 Å². The van der Waals surface area contributed by atoms with E-state index in [4.69, 9.17) is 8.94 Å². The number of benzene rings is 1. The molecule has 1 saturated carbocycles. The third-order valence-corrected chi connectivity index (χ3v) is 6.29. The predicted molar refractivity (Wildman–Crippen MR) is 105 cm³/mol. The van der Waals surface area contributed by atoms with Gasteiger partial charge in [-0.1, -0.05) is 48.3 Å². The number of aromatic nitrogens is 3. The molecule has 1 aliphatic heterocycles. The van der Waals surface area contributed by atoms with Crippen LogP contribution in [0.1, 0.15) is 50.2 Å². The van der Waals surface area contributed by atoms with Gasteiger partial charge in [-0.25, -0.2) is 0 Å². The quantitative estimate of drug-likeness (QED) is 0.646. The summed E-state index contributed by atoms with van der Waals surface area (Å²) in [5, 5.41) is 12.9. The van der Waals surface area contributed by atoms with E-state index in [-0.39, 0.29) is 0 Å². The van der Waals surface area contributed by atoms with Gasteiger partial charge in [0, 0.05) is 11.6 Å². The van der Waals surface area contributed by atoms with Gasteiger partial charge in [0.2, 0.25) is 5.89 Å². The largest absolute Gasteiger partial charge is 0.419 e. The van der Waals surface area contributed by atoms with Gasteiger partial charge in [-0.15, -0.1) is 10.2 Å². The van der Waals surface area contributed by atoms with E-state index in [1.54, 1.807) is 0 Å². The number of aryl methyl sites for hydroxylation is 1. The third kappa shape index (κ3) is 3.26. The van der Waals surface area contributed by atoms with Crippen molar-refractivity contribution in [2.24, 2.45) is 5.92 Å². The lowest BCUT2D eigenvalue weighted by atomic mass is 9.78. The topological polar surface area (TPSA) is 68.2 Å². The molecule has 2 atom stereocenters. The van der Waals surface area contributed by atoms with Gasteiger partial charge < -0.3 is 8.94 Å². The molecule has 3 aromatic rings. The van der Waals surface area contributed by atoms with Crippen LogP contribution in [0.2, 0.25) is 0 Å². The highest BCUT2D eigenvalue weighted by atomic mass is 16.5. The Morgan fingerprint density at radius 1 is 1.04 bits per heavy atom. The maximum atomic E-state index is 6.09. The molecular weight excluding hydrogens is 352 g/mol. The predicted octanol–water partition coefficient (Wildman–Crippen LogP) is 4.85. The molecule has 1 aliphatic carbocycles. The van der Waals surface area contributed by atoms with Gasteiger partial charge in [-0.3, -0.25) is 4.90 Å². The van der Waals surface area contributed by atoms with Crippen molar-refractivity contribution in [2.45, 2.75) is 58.0 Å². The Kier molecular flexibility index (Phi) is 4.72. The molecule has 3 heterocycles. The monoisotopic (exact) mass is 378 g/mol. The Bertz CT molecular complexity index is 931. The molecule has 2 aliphatic rings. The summed E-state index contributed by atoms with van der Waals surface area (Å²) in [7, 11) is 0. The number of hydrogen-bond donors (Lipinski definition) is 0. The van der Waals surface area contributed by atoms with Gasteiger partial charge in [0.25, 0.3) is 5.89 Å². The van der Waals surface area contributed by atoms with E-state index >= 15 is 0 Å². The number of piperidine rings is 1. The maximum Gasteiger partial charge on any atom is 0.253 e. The van der Waals surface area contributed by atoms with Gasteiger partial charge >= 0.3 is 0 Å². The third-order valence-electron chi connectivity index (χ3n) is 6.29. The van der Waals surface area contributed by atoms with E-state index in [0.717, 1.165) is 35.8 Å². The van der Waals surface area contributed by atoms with Crippen LogP contribution >= 0.6 is 0 Å². The molecule has 0 bridgehead atoms. The highest BCUT2D eigenvalue weighted by molar-refractivity contribution is 5.77. The van der Waals surface area contributed by atoms with Gasteiger partial charge in [-0.05, 0) is 45.1 Å². The highest BCUT2D eigenvalue weighted by Crippen LogP contribution is 2.37. The molecule has 1 saturated heterocycles. The molecule has 0 radical (unpaired) electrons. The first-order valence-electron chi connectivity index (χ1n) is 10.4. The molecule has 5 rings (SSSR count). The highest BCUT2D eigenvalue weighted by Gasteiger charge is 2.34. The minimum Gasteiger partial charge on any atom is -0.419 e. The Morgan fingerprint density at radius 3 is 2.75 bits per heavy atom. The van der Waals surface area contributed by atoms with Gasteiger partial charge in [0.05, 0.1) is 6.54 Å². The van der Waals surface area contributed by atoms with E-state index in [9.17, 15) is 0 Å². The fraction of sp³-hybridized carbons (Fsp3) is 0.500. The first-order valence-corrected chi connectivity index (χ1v) is 10.4. The van der Waals surface area contributed by atoms with Crippen molar-refractivity contribution in [1.29, 1.82) is 0 Å². The van der Waals surface area contributed by atoms with Crippen molar-refractivity contribution in [3.63, 3.8) is 0 Å². The summed E-state index contributed by atoms with van der Waals surface area (Å²) in [5.41, 5.74) is 2.52. The van der Waals surface area contributed by atoms with E-state index in [1.165, 1.54) is 38.5 Å². The first kappa shape index (κ1) is 17.6. The zero-order valence-electron chi connectivity index (χ0n) is 16.3. The zero-order valence-corrected chi connectivity index (χ0v) is 16.3. The molecule has 2 fully saturated rings. The van der Waals surface area contributed by atoms with Crippen LogP contribution in [0.25, 0.3) is 22.7 Å². The van der Waals surface area contributed by atoms with Crippen molar-refractivity contribution < 1.29 is 8.94 Å². The van der Waals surface area contributed by atoms with Gasteiger partial charge in [0.15, 0.2) is 0 Å². The smallest absolute Gasteiger partial charge is 0.253 e. The van der Waals surface area contributed by atoms with Crippen molar-refractivity contribution in [3.05, 3.63) is 42.0 Å². The van der Waals surface area contributed by atoms with Crippen LogP contribution in [0.15, 0.2) is 39.3 Å². The number of rotatable bonds is 4. The second-order valence-corrected chi connectivity index (χ2v) is 8.05. The molecule has 6 nitrogen and oxygen atoms in total. The Labute approximate surface area is 164 Å². The second-order valence-electron chi connectivity index (χ2n) is 8.05. The average Bonchev–Trinajstić information content (AvgIpc) is 3.35. The molecular formula is C22H26N4O2. The summed E-state index contributed by atoms with van der Waals surface area (Å²) >= 11 is 0. The molecule has 1 aromatic carbocycles. The van der Waals surface area contributed by atoms with Crippen LogP contribution in [0.5, 0.6) is 0 Å². The summed E-state index contributed by atoms with van der Waals surface area (Å²) in [4.78, 5) is 2.56. The standard InChI is InChI=1S/C22H26N4O2/c1-15-20(21(25-28-15)17-9-3-2-4-10-17)22-24-23-19(27-22)14-26-13-7-11-16-8-5-6-12-18(16)26/h2-4,9-10,16,18H,5-8,11-14H2,1H3/t16-,18+/m0/s1. The minimum atomic E-state index is 0.491. The number of hydrogen-bond acceptors (Lipinski definition) is 6. The van der Waals surface area contributed by atoms with Crippen LogP contribution in [-0.2, 0) is 6.54 Å². The number of fused-ring (bicyclic) bond motifs is 1. The summed E-state index contributed by atoms with van der Waals surface area (Å²) in [5.74, 6) is 2.71. The number of likely N-dealkylation sites (tertiary alicyclic amines) is 1. The first-order chi connectivity index (χ1) is 13.8. The van der Waals surface area contributed by atoms with E-state index in [0.29, 0.717) is 23.6 Å². The Hall–Kier alpha value is -2.47. The number of nitrogens with zero attached hydrogens (tertiary/aromatic N) is 4. The van der Waals surface area contributed by atoms with Crippen LogP contribution in [0.4, 0.5) is 0 Å². The lowest BCUT2D eigenvalue weighted by molar-refractivity contribution is 0.0483. The molecule has 28 heavy (non-hydrogen) atoms. The fourth-order valence-corrected chi connectivity index (χ4v) is 4.93. The molecule has 0 spiro atoms. The van der Waals surface area contributed by atoms with Gasteiger partial charge in [-0.2, -0.15) is 0 Å². The fourth-order valence-electron chi connectivity index (χ4n) is 4.93. The van der Waals surface area contributed by atoms with Crippen molar-refractivity contribution in [1.82, 2.24) is 20.3 Å². The van der Waals surface area contributed by atoms with E-state index in [1.807, 2.05) is 37.3 Å². The Morgan fingerprint density at radius 2 is 1.86 bits per heavy atom. The summed E-state index contributed by atoms with van der Waals surface area (Å²) < 4.78 is 11.5. The average molecular weight is 378 g/mol. The molecule has 6 heteroatoms. The maximum absolute atomic E-state index is 6.09. The van der Waals surface area contributed by atoms with Crippen LogP contribution < -0.4 is 0 Å². The summed E-state index contributed by atoms with van der Waals surface area (Å²) in [6, 6.07) is 10.6. The second kappa shape index (κ2) is 7.51. The summed E-state index contributed by atoms with van der Waals surface area (Å²) in [6.07, 6.45) is 8.04. The SMILES string of the molecule is Cc1onc(-c2ccccc2)c1-c1nnc(CN2CCC[C@@H]3CCCC[C@H]32)o1. The van der Waals surface area contributed by atoms with Crippen LogP contribution in [0, 0.1) is 12.8 Å². The van der Waals surface area contributed by atoms with Gasteiger partial charge in [0.1, 0.15) is 17.0 Å². The molecule has 146 valence electrons. The normalized spacial score (nSPS) is 22.9. The molecule has 2 aromatic heterocycles. The van der Waals surface area contributed by atoms with E-state index < -0.39 is 0 Å². The minimum absolute atomic E-state index is 0.491. The zero-order chi connectivity index (χ0) is 18.9. The van der Waals surface area contributed by atoms with Crippen molar-refractivity contribution in [2.75, 3.05) is 6.54 Å². The van der Waals surface area contributed by atoms with E-state index in [2.05, 4.69) is 20.3 Å². The van der Waals surface area contributed by atoms with Crippen LogP contribution in [-0.4, -0.2) is 32.8 Å². The lowest BCUT2D eigenvalue weighted by Crippen LogP contribution is -2.46. The van der Waals surface area contributed by atoms with Crippen LogP contribution in [0.3, 0.4) is 0 Å².